The second-order valence-corrected chi connectivity index (χ2v) is 7.12. The van der Waals surface area contributed by atoms with Crippen molar-refractivity contribution in [1.29, 1.82) is 0 Å². The Balaban J connectivity index is 1.63. The van der Waals surface area contributed by atoms with Gasteiger partial charge in [0, 0.05) is 0 Å². The lowest BCUT2D eigenvalue weighted by Crippen LogP contribution is -2.50. The van der Waals surface area contributed by atoms with E-state index >= 15 is 0 Å². The summed E-state index contributed by atoms with van der Waals surface area (Å²) in [7, 11) is 0. The molecule has 1 aliphatic heterocycles. The molecule has 0 saturated carbocycles. The number of carbonyl (C=O) groups excluding carboxylic acids is 3. The van der Waals surface area contributed by atoms with E-state index in [9.17, 15) is 14.4 Å². The van der Waals surface area contributed by atoms with E-state index in [-0.39, 0.29) is 24.5 Å². The quantitative estimate of drug-likeness (QED) is 0.596. The van der Waals surface area contributed by atoms with Crippen molar-refractivity contribution in [2.24, 2.45) is 0 Å². The van der Waals surface area contributed by atoms with E-state index in [4.69, 9.17) is 18.7 Å². The van der Waals surface area contributed by atoms with Crippen molar-refractivity contribution in [3.05, 3.63) is 58.1 Å². The van der Waals surface area contributed by atoms with Crippen molar-refractivity contribution in [2.75, 3.05) is 13.2 Å². The molecule has 0 bridgehead atoms. The Morgan fingerprint density at radius 1 is 1.09 bits per heavy atom. The SMILES string of the molecule is CCOC(=O)C1=C(COC(=O)c2ccc(OCc3c(C)noc3C)cc2)NC(=O)N[C@@H]1C. The molecule has 0 saturated heterocycles. The molecule has 2 aromatic rings. The third-order valence-corrected chi connectivity index (χ3v) is 4.87. The largest absolute Gasteiger partial charge is 0.489 e. The van der Waals surface area contributed by atoms with Crippen molar-refractivity contribution in [3.63, 3.8) is 0 Å². The first-order valence-corrected chi connectivity index (χ1v) is 10.1. The first-order valence-electron chi connectivity index (χ1n) is 10.1. The van der Waals surface area contributed by atoms with E-state index in [0.717, 1.165) is 11.3 Å². The van der Waals surface area contributed by atoms with E-state index < -0.39 is 24.0 Å². The molecule has 2 amide bonds. The number of urea groups is 1. The highest BCUT2D eigenvalue weighted by Gasteiger charge is 2.30. The van der Waals surface area contributed by atoms with Crippen molar-refractivity contribution < 1.29 is 33.1 Å². The fraction of sp³-hybridized carbons (Fsp3) is 0.364. The van der Waals surface area contributed by atoms with Crippen LogP contribution in [0.3, 0.4) is 0 Å². The monoisotopic (exact) mass is 443 g/mol. The molecule has 1 aliphatic rings. The number of hydrogen-bond donors (Lipinski definition) is 2. The first kappa shape index (κ1) is 22.9. The van der Waals surface area contributed by atoms with E-state index in [1.165, 1.54) is 0 Å². The number of aromatic nitrogens is 1. The molecule has 0 fully saturated rings. The molecule has 0 aliphatic carbocycles. The number of nitrogens with one attached hydrogen (secondary N) is 2. The van der Waals surface area contributed by atoms with E-state index in [1.54, 1.807) is 38.1 Å². The van der Waals surface area contributed by atoms with Crippen LogP contribution in [0.4, 0.5) is 4.79 Å². The normalized spacial score (nSPS) is 15.6. The minimum Gasteiger partial charge on any atom is -0.489 e. The summed E-state index contributed by atoms with van der Waals surface area (Å²) in [5.41, 5.74) is 2.33. The molecule has 0 unspecified atom stereocenters. The average Bonchev–Trinajstić information content (AvgIpc) is 3.07. The minimum absolute atomic E-state index is 0.181. The summed E-state index contributed by atoms with van der Waals surface area (Å²) >= 11 is 0. The summed E-state index contributed by atoms with van der Waals surface area (Å²) in [5, 5.41) is 8.97. The predicted molar refractivity (Wildman–Crippen MR) is 112 cm³/mol. The molecular formula is C22H25N3O7. The molecule has 2 N–H and O–H groups in total. The summed E-state index contributed by atoms with van der Waals surface area (Å²) in [6.07, 6.45) is 0. The zero-order chi connectivity index (χ0) is 23.3. The van der Waals surface area contributed by atoms with Gasteiger partial charge in [-0.05, 0) is 52.0 Å². The van der Waals surface area contributed by atoms with Crippen molar-refractivity contribution in [1.82, 2.24) is 15.8 Å². The molecule has 10 nitrogen and oxygen atoms in total. The van der Waals surface area contributed by atoms with Crippen LogP contribution in [0.5, 0.6) is 5.75 Å². The third-order valence-electron chi connectivity index (χ3n) is 4.87. The molecular weight excluding hydrogens is 418 g/mol. The van der Waals surface area contributed by atoms with Gasteiger partial charge in [0.2, 0.25) is 0 Å². The molecule has 10 heteroatoms. The Kier molecular flexibility index (Phi) is 7.14. The Morgan fingerprint density at radius 2 is 1.81 bits per heavy atom. The van der Waals surface area contributed by atoms with Gasteiger partial charge in [0.05, 0.1) is 40.7 Å². The van der Waals surface area contributed by atoms with Crippen LogP contribution in [-0.2, 0) is 20.9 Å². The van der Waals surface area contributed by atoms with Gasteiger partial charge >= 0.3 is 18.0 Å². The maximum absolute atomic E-state index is 12.4. The first-order chi connectivity index (χ1) is 15.3. The maximum atomic E-state index is 12.4. The molecule has 32 heavy (non-hydrogen) atoms. The summed E-state index contributed by atoms with van der Waals surface area (Å²) in [6, 6.07) is 5.35. The number of rotatable bonds is 8. The topological polar surface area (TPSA) is 129 Å². The lowest BCUT2D eigenvalue weighted by molar-refractivity contribution is -0.139. The smallest absolute Gasteiger partial charge is 0.338 e. The van der Waals surface area contributed by atoms with Crippen molar-refractivity contribution in [3.8, 4) is 5.75 Å². The van der Waals surface area contributed by atoms with Gasteiger partial charge in [0.1, 0.15) is 24.7 Å². The van der Waals surface area contributed by atoms with Crippen LogP contribution in [0, 0.1) is 13.8 Å². The van der Waals surface area contributed by atoms with Gasteiger partial charge in [0.15, 0.2) is 0 Å². The van der Waals surface area contributed by atoms with Crippen LogP contribution in [0.15, 0.2) is 40.1 Å². The molecule has 1 aromatic heterocycles. The van der Waals surface area contributed by atoms with Crippen LogP contribution in [-0.4, -0.2) is 42.4 Å². The van der Waals surface area contributed by atoms with E-state index in [1.807, 2.05) is 13.8 Å². The number of carbonyl (C=O) groups is 3. The van der Waals surface area contributed by atoms with Crippen LogP contribution >= 0.6 is 0 Å². The fourth-order valence-electron chi connectivity index (χ4n) is 3.17. The summed E-state index contributed by atoms with van der Waals surface area (Å²) in [4.78, 5) is 36.5. The van der Waals surface area contributed by atoms with Gasteiger partial charge < -0.3 is 29.4 Å². The number of esters is 2. The lowest BCUT2D eigenvalue weighted by Gasteiger charge is -2.26. The van der Waals surface area contributed by atoms with Gasteiger partial charge in [-0.15, -0.1) is 0 Å². The minimum atomic E-state index is -0.613. The zero-order valence-corrected chi connectivity index (χ0v) is 18.3. The predicted octanol–water partition coefficient (Wildman–Crippen LogP) is 2.55. The van der Waals surface area contributed by atoms with Gasteiger partial charge in [-0.1, -0.05) is 5.16 Å². The molecule has 0 radical (unpaired) electrons. The summed E-state index contributed by atoms with van der Waals surface area (Å²) in [6.45, 7) is 7.17. The standard InChI is InChI=1S/C22H25N3O7/c1-5-29-21(27)19-13(3)23-22(28)24-18(19)11-31-20(26)15-6-8-16(9-7-15)30-10-17-12(2)25-32-14(17)4/h6-9,13H,5,10-11H2,1-4H3,(H2,23,24,28)/t13-/m1/s1. The number of nitrogens with zero attached hydrogens (tertiary/aromatic N) is 1. The number of amides is 2. The molecule has 0 spiro atoms. The summed E-state index contributed by atoms with van der Waals surface area (Å²) < 4.78 is 21.2. The van der Waals surface area contributed by atoms with Gasteiger partial charge in [-0.2, -0.15) is 0 Å². The second-order valence-electron chi connectivity index (χ2n) is 7.12. The average molecular weight is 443 g/mol. The maximum Gasteiger partial charge on any atom is 0.338 e. The molecule has 1 atom stereocenters. The highest BCUT2D eigenvalue weighted by molar-refractivity contribution is 5.95. The highest BCUT2D eigenvalue weighted by Crippen LogP contribution is 2.19. The Hall–Kier alpha value is -3.82. The fourth-order valence-corrected chi connectivity index (χ4v) is 3.17. The Morgan fingerprint density at radius 3 is 2.44 bits per heavy atom. The number of aryl methyl sites for hydroxylation is 2. The third kappa shape index (κ3) is 5.26. The Labute approximate surface area is 184 Å². The van der Waals surface area contributed by atoms with Crippen molar-refractivity contribution in [2.45, 2.75) is 40.3 Å². The molecule has 3 rings (SSSR count). The number of benzene rings is 1. The van der Waals surface area contributed by atoms with Crippen molar-refractivity contribution >= 4 is 18.0 Å². The second kappa shape index (κ2) is 9.99. The van der Waals surface area contributed by atoms with Crippen LogP contribution in [0.2, 0.25) is 0 Å². The summed E-state index contributed by atoms with van der Waals surface area (Å²) in [5.74, 6) is 0.0589. The number of hydrogen-bond acceptors (Lipinski definition) is 8. The van der Waals surface area contributed by atoms with Gasteiger partial charge in [-0.3, -0.25) is 0 Å². The molecule has 2 heterocycles. The van der Waals surface area contributed by atoms with E-state index in [2.05, 4.69) is 15.8 Å². The van der Waals surface area contributed by atoms with Crippen LogP contribution in [0.1, 0.15) is 41.2 Å². The number of ether oxygens (including phenoxy) is 3. The highest BCUT2D eigenvalue weighted by atomic mass is 16.5. The van der Waals surface area contributed by atoms with E-state index in [0.29, 0.717) is 23.7 Å². The van der Waals surface area contributed by atoms with Gasteiger partial charge in [-0.25, -0.2) is 14.4 Å². The molecule has 1 aromatic carbocycles. The van der Waals surface area contributed by atoms with Crippen LogP contribution < -0.4 is 15.4 Å². The molecule has 170 valence electrons. The van der Waals surface area contributed by atoms with Gasteiger partial charge in [0.25, 0.3) is 0 Å². The zero-order valence-electron chi connectivity index (χ0n) is 18.3. The lowest BCUT2D eigenvalue weighted by atomic mass is 10.0. The van der Waals surface area contributed by atoms with Crippen LogP contribution in [0.25, 0.3) is 0 Å². The Bertz CT molecular complexity index is 1020.